The van der Waals surface area contributed by atoms with E-state index in [1.807, 2.05) is 6.92 Å². The fourth-order valence-corrected chi connectivity index (χ4v) is 2.49. The van der Waals surface area contributed by atoms with Crippen LogP contribution in [0.25, 0.3) is 5.65 Å². The summed E-state index contributed by atoms with van der Waals surface area (Å²) in [6, 6.07) is 5.28. The van der Waals surface area contributed by atoms with Crippen molar-refractivity contribution in [3.63, 3.8) is 0 Å². The Morgan fingerprint density at radius 3 is 3.14 bits per heavy atom. The van der Waals surface area contributed by atoms with Gasteiger partial charge in [-0.25, -0.2) is 4.98 Å². The molecule has 6 heteroatoms. The molecule has 1 aliphatic rings. The number of rotatable bonds is 2. The SMILES string of the molecule is CC[C@H]1CN(C(=O)c2cnc3ccccn3c2=O)CCO1. The summed E-state index contributed by atoms with van der Waals surface area (Å²) in [5.41, 5.74) is 0.313. The lowest BCUT2D eigenvalue weighted by atomic mass is 10.2. The minimum atomic E-state index is -0.329. The number of aromatic nitrogens is 2. The van der Waals surface area contributed by atoms with Crippen LogP contribution < -0.4 is 5.56 Å². The smallest absolute Gasteiger partial charge is 0.270 e. The maximum atomic E-state index is 12.5. The molecule has 0 saturated carbocycles. The van der Waals surface area contributed by atoms with Gasteiger partial charge in [0.05, 0.1) is 12.7 Å². The van der Waals surface area contributed by atoms with Gasteiger partial charge in [0.15, 0.2) is 0 Å². The van der Waals surface area contributed by atoms with Crippen LogP contribution in [0.2, 0.25) is 0 Å². The molecule has 0 bridgehead atoms. The van der Waals surface area contributed by atoms with Gasteiger partial charge in [0.2, 0.25) is 0 Å². The Bertz CT molecular complexity index is 725. The minimum absolute atomic E-state index is 0.0406. The maximum absolute atomic E-state index is 12.5. The molecule has 1 aliphatic heterocycles. The second-order valence-electron chi connectivity index (χ2n) is 5.06. The second-order valence-corrected chi connectivity index (χ2v) is 5.06. The van der Waals surface area contributed by atoms with Crippen molar-refractivity contribution in [2.24, 2.45) is 0 Å². The zero-order valence-electron chi connectivity index (χ0n) is 11.9. The lowest BCUT2D eigenvalue weighted by Crippen LogP contribution is -2.46. The van der Waals surface area contributed by atoms with Crippen LogP contribution in [-0.4, -0.2) is 46.0 Å². The molecule has 0 aromatic carbocycles. The van der Waals surface area contributed by atoms with Crippen molar-refractivity contribution < 1.29 is 9.53 Å². The van der Waals surface area contributed by atoms with Crippen LogP contribution in [0.3, 0.4) is 0 Å². The van der Waals surface area contributed by atoms with Gasteiger partial charge < -0.3 is 9.64 Å². The molecular weight excluding hydrogens is 270 g/mol. The van der Waals surface area contributed by atoms with Crippen molar-refractivity contribution in [2.45, 2.75) is 19.4 Å². The van der Waals surface area contributed by atoms with E-state index in [1.54, 1.807) is 29.3 Å². The number of carbonyl (C=O) groups excluding carboxylic acids is 1. The largest absolute Gasteiger partial charge is 0.375 e. The number of fused-ring (bicyclic) bond motifs is 1. The number of ether oxygens (including phenoxy) is 1. The number of pyridine rings is 1. The number of hydrogen-bond donors (Lipinski definition) is 0. The molecule has 1 fully saturated rings. The van der Waals surface area contributed by atoms with Gasteiger partial charge >= 0.3 is 0 Å². The van der Waals surface area contributed by atoms with Crippen LogP contribution in [0, 0.1) is 0 Å². The summed E-state index contributed by atoms with van der Waals surface area (Å²) >= 11 is 0. The third-order valence-electron chi connectivity index (χ3n) is 3.73. The highest BCUT2D eigenvalue weighted by Gasteiger charge is 2.26. The summed E-state index contributed by atoms with van der Waals surface area (Å²) in [5.74, 6) is -0.271. The molecule has 110 valence electrons. The van der Waals surface area contributed by atoms with E-state index in [2.05, 4.69) is 4.98 Å². The second kappa shape index (κ2) is 5.65. The Hall–Kier alpha value is -2.21. The first kappa shape index (κ1) is 13.8. The molecule has 21 heavy (non-hydrogen) atoms. The summed E-state index contributed by atoms with van der Waals surface area (Å²) in [7, 11) is 0. The Morgan fingerprint density at radius 1 is 1.48 bits per heavy atom. The molecule has 3 rings (SSSR count). The first-order chi connectivity index (χ1) is 10.2. The molecule has 6 nitrogen and oxygen atoms in total. The van der Waals surface area contributed by atoms with Crippen LogP contribution in [0.1, 0.15) is 23.7 Å². The molecule has 0 radical (unpaired) electrons. The van der Waals surface area contributed by atoms with E-state index in [0.717, 1.165) is 6.42 Å². The van der Waals surface area contributed by atoms with E-state index >= 15 is 0 Å². The zero-order valence-corrected chi connectivity index (χ0v) is 11.9. The van der Waals surface area contributed by atoms with Crippen molar-refractivity contribution in [3.05, 3.63) is 46.5 Å². The Labute approximate surface area is 122 Å². The van der Waals surface area contributed by atoms with Crippen molar-refractivity contribution >= 4 is 11.6 Å². The summed E-state index contributed by atoms with van der Waals surface area (Å²) in [4.78, 5) is 30.8. The third-order valence-corrected chi connectivity index (χ3v) is 3.73. The first-order valence-corrected chi connectivity index (χ1v) is 7.08. The van der Waals surface area contributed by atoms with E-state index in [1.165, 1.54) is 10.6 Å². The van der Waals surface area contributed by atoms with Gasteiger partial charge in [0.25, 0.3) is 11.5 Å². The van der Waals surface area contributed by atoms with Gasteiger partial charge in [0.1, 0.15) is 11.2 Å². The lowest BCUT2D eigenvalue weighted by Gasteiger charge is -2.32. The molecule has 0 spiro atoms. The lowest BCUT2D eigenvalue weighted by molar-refractivity contribution is -0.0227. The summed E-state index contributed by atoms with van der Waals surface area (Å²) in [6.45, 7) is 3.55. The number of nitrogens with zero attached hydrogens (tertiary/aromatic N) is 3. The van der Waals surface area contributed by atoms with Gasteiger partial charge in [-0.05, 0) is 18.6 Å². The Balaban J connectivity index is 1.94. The maximum Gasteiger partial charge on any atom is 0.270 e. The van der Waals surface area contributed by atoms with Crippen LogP contribution in [-0.2, 0) is 4.74 Å². The van der Waals surface area contributed by atoms with Crippen LogP contribution in [0.15, 0.2) is 35.4 Å². The average molecular weight is 287 g/mol. The Morgan fingerprint density at radius 2 is 2.33 bits per heavy atom. The van der Waals surface area contributed by atoms with Crippen LogP contribution in [0.5, 0.6) is 0 Å². The van der Waals surface area contributed by atoms with E-state index in [9.17, 15) is 9.59 Å². The Kier molecular flexibility index (Phi) is 3.70. The van der Waals surface area contributed by atoms with Crippen LogP contribution >= 0.6 is 0 Å². The molecule has 2 aromatic heterocycles. The standard InChI is InChI=1S/C15H17N3O3/c1-2-11-10-17(7-8-21-11)14(19)12-9-16-13-5-3-4-6-18(13)15(12)20/h3-6,9,11H,2,7-8,10H2,1H3/t11-/m0/s1. The van der Waals surface area contributed by atoms with E-state index in [0.29, 0.717) is 25.3 Å². The van der Waals surface area contributed by atoms with Crippen molar-refractivity contribution in [1.82, 2.24) is 14.3 Å². The van der Waals surface area contributed by atoms with Gasteiger partial charge in [-0.2, -0.15) is 0 Å². The minimum Gasteiger partial charge on any atom is -0.375 e. The zero-order chi connectivity index (χ0) is 14.8. The van der Waals surface area contributed by atoms with Gasteiger partial charge in [-0.15, -0.1) is 0 Å². The average Bonchev–Trinajstić information content (AvgIpc) is 2.55. The van der Waals surface area contributed by atoms with Gasteiger partial charge in [-0.1, -0.05) is 13.0 Å². The highest BCUT2D eigenvalue weighted by molar-refractivity contribution is 5.93. The molecule has 1 saturated heterocycles. The number of carbonyl (C=O) groups is 1. The first-order valence-electron chi connectivity index (χ1n) is 7.08. The molecule has 1 amide bonds. The molecule has 0 unspecified atom stereocenters. The third kappa shape index (κ3) is 2.54. The number of amides is 1. The fraction of sp³-hybridized carbons (Fsp3) is 0.400. The molecule has 2 aromatic rings. The fourth-order valence-electron chi connectivity index (χ4n) is 2.49. The highest BCUT2D eigenvalue weighted by Crippen LogP contribution is 2.11. The number of morpholine rings is 1. The predicted molar refractivity (Wildman–Crippen MR) is 77.4 cm³/mol. The van der Waals surface area contributed by atoms with E-state index in [-0.39, 0.29) is 23.1 Å². The molecule has 3 heterocycles. The van der Waals surface area contributed by atoms with Crippen molar-refractivity contribution in [3.8, 4) is 0 Å². The monoisotopic (exact) mass is 287 g/mol. The molecular formula is C15H17N3O3. The summed E-state index contributed by atoms with van der Waals surface area (Å²) in [5, 5.41) is 0. The quantitative estimate of drug-likeness (QED) is 0.825. The van der Waals surface area contributed by atoms with Crippen molar-refractivity contribution in [2.75, 3.05) is 19.7 Å². The molecule has 1 atom stereocenters. The van der Waals surface area contributed by atoms with Crippen molar-refractivity contribution in [1.29, 1.82) is 0 Å². The van der Waals surface area contributed by atoms with Crippen LogP contribution in [0.4, 0.5) is 0 Å². The summed E-state index contributed by atoms with van der Waals surface area (Å²) < 4.78 is 6.94. The van der Waals surface area contributed by atoms with E-state index < -0.39 is 0 Å². The topological polar surface area (TPSA) is 63.9 Å². The molecule has 0 N–H and O–H groups in total. The summed E-state index contributed by atoms with van der Waals surface area (Å²) in [6.07, 6.45) is 3.88. The van der Waals surface area contributed by atoms with Gasteiger partial charge in [-0.3, -0.25) is 14.0 Å². The van der Waals surface area contributed by atoms with E-state index in [4.69, 9.17) is 4.74 Å². The number of hydrogen-bond acceptors (Lipinski definition) is 4. The predicted octanol–water partition coefficient (Wildman–Crippen LogP) is 0.946. The normalized spacial score (nSPS) is 18.9. The highest BCUT2D eigenvalue weighted by atomic mass is 16.5. The van der Waals surface area contributed by atoms with Gasteiger partial charge in [0, 0.05) is 25.5 Å². The molecule has 0 aliphatic carbocycles.